The summed E-state index contributed by atoms with van der Waals surface area (Å²) in [7, 11) is 0. The molecule has 0 bridgehead atoms. The standard InChI is InChI=1S/C33H43N9O5S/c1-21(2)29-32(46)37-27(14-15-48-4)31(45)35-22(3)30(44)36-26(16-23-8-6-5-7-9-23)18-41(19-28(43)38-29)33(47)25-12-10-24(11-13-25)17-42-20-34-39-40-42/h5-13,20-22,26-27,29H,14-19H2,1-4H3,(H,35,45)(H,36,44)(H,37,46)(H,38,43)/t22-,26+,27-,29-/m0/s1. The van der Waals surface area contributed by atoms with Gasteiger partial charge in [0, 0.05) is 12.1 Å². The van der Waals surface area contributed by atoms with Crippen molar-refractivity contribution in [3.05, 3.63) is 77.6 Å². The number of carbonyl (C=O) groups is 5. The molecule has 0 saturated carbocycles. The Kier molecular flexibility index (Phi) is 13.1. The van der Waals surface area contributed by atoms with E-state index in [-0.39, 0.29) is 19.0 Å². The van der Waals surface area contributed by atoms with E-state index in [0.717, 1.165) is 11.1 Å². The minimum absolute atomic E-state index is 0.0190. The van der Waals surface area contributed by atoms with E-state index < -0.39 is 53.7 Å². The van der Waals surface area contributed by atoms with Gasteiger partial charge in [0.1, 0.15) is 24.5 Å². The fourth-order valence-electron chi connectivity index (χ4n) is 5.32. The van der Waals surface area contributed by atoms with Crippen molar-refractivity contribution in [3.63, 3.8) is 0 Å². The zero-order valence-electron chi connectivity index (χ0n) is 27.6. The van der Waals surface area contributed by atoms with E-state index in [1.807, 2.05) is 36.6 Å². The summed E-state index contributed by atoms with van der Waals surface area (Å²) >= 11 is 1.52. The molecule has 4 rings (SSSR count). The van der Waals surface area contributed by atoms with E-state index in [4.69, 9.17) is 0 Å². The quantitative estimate of drug-likeness (QED) is 0.255. The number of carbonyl (C=O) groups excluding carboxylic acids is 5. The van der Waals surface area contributed by atoms with Crippen molar-refractivity contribution in [2.45, 2.75) is 64.3 Å². The number of tetrazole rings is 1. The van der Waals surface area contributed by atoms with Crippen molar-refractivity contribution in [1.82, 2.24) is 46.4 Å². The van der Waals surface area contributed by atoms with Crippen LogP contribution in [0.1, 0.15) is 48.7 Å². The Balaban J connectivity index is 1.67. The van der Waals surface area contributed by atoms with Gasteiger partial charge in [0.05, 0.1) is 19.1 Å². The smallest absolute Gasteiger partial charge is 0.254 e. The maximum absolute atomic E-state index is 14.0. The number of amides is 5. The average Bonchev–Trinajstić information content (AvgIpc) is 3.58. The van der Waals surface area contributed by atoms with Crippen LogP contribution in [0.25, 0.3) is 0 Å². The molecule has 2 heterocycles. The van der Waals surface area contributed by atoms with Crippen LogP contribution < -0.4 is 21.3 Å². The van der Waals surface area contributed by atoms with Gasteiger partial charge in [-0.15, -0.1) is 5.10 Å². The molecule has 14 nitrogen and oxygen atoms in total. The Morgan fingerprint density at radius 2 is 1.65 bits per heavy atom. The first kappa shape index (κ1) is 36.1. The third-order valence-corrected chi connectivity index (χ3v) is 8.58. The molecule has 1 aliphatic heterocycles. The number of hydrogen-bond donors (Lipinski definition) is 4. The predicted octanol–water partition coefficient (Wildman–Crippen LogP) is 0.788. The molecule has 256 valence electrons. The maximum atomic E-state index is 14.0. The molecular weight excluding hydrogens is 634 g/mol. The van der Waals surface area contributed by atoms with E-state index in [9.17, 15) is 24.0 Å². The van der Waals surface area contributed by atoms with E-state index >= 15 is 0 Å². The van der Waals surface area contributed by atoms with Crippen molar-refractivity contribution in [3.8, 4) is 0 Å². The molecule has 5 amide bonds. The third-order valence-electron chi connectivity index (χ3n) is 7.93. The third kappa shape index (κ3) is 10.4. The van der Waals surface area contributed by atoms with Crippen molar-refractivity contribution < 1.29 is 24.0 Å². The summed E-state index contributed by atoms with van der Waals surface area (Å²) in [6, 6.07) is 12.9. The van der Waals surface area contributed by atoms with Crippen LogP contribution in [0.15, 0.2) is 60.9 Å². The summed E-state index contributed by atoms with van der Waals surface area (Å²) in [5.74, 6) is -2.19. The Morgan fingerprint density at radius 3 is 2.29 bits per heavy atom. The molecular formula is C33H43N9O5S. The second-order valence-electron chi connectivity index (χ2n) is 12.1. The normalized spacial score (nSPS) is 21.4. The first-order valence-corrected chi connectivity index (χ1v) is 17.3. The molecule has 1 aromatic heterocycles. The van der Waals surface area contributed by atoms with Crippen LogP contribution in [0.3, 0.4) is 0 Å². The molecule has 4 atom stereocenters. The second kappa shape index (κ2) is 17.4. The van der Waals surface area contributed by atoms with Crippen LogP contribution in [0.5, 0.6) is 0 Å². The van der Waals surface area contributed by atoms with Gasteiger partial charge >= 0.3 is 0 Å². The largest absolute Gasteiger partial charge is 0.349 e. The molecule has 0 spiro atoms. The number of hydrogen-bond acceptors (Lipinski definition) is 9. The number of nitrogens with zero attached hydrogens (tertiary/aromatic N) is 5. The molecule has 1 aliphatic rings. The molecule has 1 fully saturated rings. The molecule has 48 heavy (non-hydrogen) atoms. The average molecular weight is 678 g/mol. The van der Waals surface area contributed by atoms with Gasteiger partial charge in [-0.05, 0) is 71.4 Å². The zero-order valence-corrected chi connectivity index (χ0v) is 28.4. The van der Waals surface area contributed by atoms with Gasteiger partial charge in [-0.1, -0.05) is 56.3 Å². The lowest BCUT2D eigenvalue weighted by atomic mass is 10.0. The monoisotopic (exact) mass is 677 g/mol. The highest BCUT2D eigenvalue weighted by molar-refractivity contribution is 7.98. The fraction of sp³-hybridized carbons (Fsp3) is 0.455. The van der Waals surface area contributed by atoms with Gasteiger partial charge in [0.25, 0.3) is 5.91 Å². The second-order valence-corrected chi connectivity index (χ2v) is 13.1. The molecule has 2 aromatic carbocycles. The SMILES string of the molecule is CSCC[C@@H]1NC(=O)[C@H](C(C)C)NC(=O)CN(C(=O)c2ccc(Cn3cnnn3)cc2)C[C@@H](Cc2ccccc2)NC(=O)[C@H](C)NC1=O. The first-order valence-electron chi connectivity index (χ1n) is 15.9. The van der Waals surface area contributed by atoms with E-state index in [0.29, 0.717) is 30.7 Å². The molecule has 3 aromatic rings. The van der Waals surface area contributed by atoms with E-state index in [1.165, 1.54) is 23.0 Å². The molecule has 0 aliphatic carbocycles. The minimum atomic E-state index is -0.966. The highest BCUT2D eigenvalue weighted by Gasteiger charge is 2.32. The molecule has 4 N–H and O–H groups in total. The van der Waals surface area contributed by atoms with Gasteiger partial charge < -0.3 is 26.2 Å². The van der Waals surface area contributed by atoms with Gasteiger partial charge in [-0.2, -0.15) is 11.8 Å². The molecule has 1 saturated heterocycles. The summed E-state index contributed by atoms with van der Waals surface area (Å²) in [6.07, 6.45) is 4.07. The summed E-state index contributed by atoms with van der Waals surface area (Å²) in [5.41, 5.74) is 2.11. The number of nitrogens with one attached hydrogen (secondary N) is 4. The van der Waals surface area contributed by atoms with Crippen LogP contribution >= 0.6 is 11.8 Å². The van der Waals surface area contributed by atoms with Crippen molar-refractivity contribution in [2.75, 3.05) is 25.1 Å². The van der Waals surface area contributed by atoms with Crippen LogP contribution in [0, 0.1) is 5.92 Å². The van der Waals surface area contributed by atoms with E-state index in [2.05, 4.69) is 36.8 Å². The summed E-state index contributed by atoms with van der Waals surface area (Å²) in [4.78, 5) is 69.3. The lowest BCUT2D eigenvalue weighted by molar-refractivity contribution is -0.134. The van der Waals surface area contributed by atoms with Gasteiger partial charge in [-0.25, -0.2) is 4.68 Å². The van der Waals surface area contributed by atoms with Gasteiger partial charge in [0.15, 0.2) is 0 Å². The maximum Gasteiger partial charge on any atom is 0.254 e. The number of aromatic nitrogens is 4. The van der Waals surface area contributed by atoms with Gasteiger partial charge in [-0.3, -0.25) is 24.0 Å². The molecule has 0 unspecified atom stereocenters. The highest BCUT2D eigenvalue weighted by atomic mass is 32.2. The lowest BCUT2D eigenvalue weighted by Gasteiger charge is -2.30. The fourth-order valence-corrected chi connectivity index (χ4v) is 5.79. The number of benzene rings is 2. The number of rotatable bonds is 9. The predicted molar refractivity (Wildman–Crippen MR) is 181 cm³/mol. The first-order chi connectivity index (χ1) is 23.0. The van der Waals surface area contributed by atoms with E-state index in [1.54, 1.807) is 49.7 Å². The van der Waals surface area contributed by atoms with Crippen LogP contribution in [-0.2, 0) is 32.1 Å². The zero-order chi connectivity index (χ0) is 34.6. The minimum Gasteiger partial charge on any atom is -0.349 e. The van der Waals surface area contributed by atoms with Crippen LogP contribution in [-0.4, -0.2) is 104 Å². The highest BCUT2D eigenvalue weighted by Crippen LogP contribution is 2.13. The van der Waals surface area contributed by atoms with Crippen LogP contribution in [0.4, 0.5) is 0 Å². The Bertz CT molecular complexity index is 1540. The van der Waals surface area contributed by atoms with Crippen molar-refractivity contribution in [1.29, 1.82) is 0 Å². The Morgan fingerprint density at radius 1 is 0.917 bits per heavy atom. The Hall–Kier alpha value is -4.79. The topological polar surface area (TPSA) is 180 Å². The Labute approximate surface area is 284 Å². The van der Waals surface area contributed by atoms with Crippen LogP contribution in [0.2, 0.25) is 0 Å². The van der Waals surface area contributed by atoms with Gasteiger partial charge in [0.2, 0.25) is 23.6 Å². The lowest BCUT2D eigenvalue weighted by Crippen LogP contribution is -2.57. The molecule has 0 radical (unpaired) electrons. The summed E-state index contributed by atoms with van der Waals surface area (Å²) in [5, 5.41) is 22.4. The number of thioether (sulfide) groups is 1. The summed E-state index contributed by atoms with van der Waals surface area (Å²) < 4.78 is 1.55. The van der Waals surface area contributed by atoms with Crippen molar-refractivity contribution >= 4 is 41.3 Å². The van der Waals surface area contributed by atoms with Crippen molar-refractivity contribution in [2.24, 2.45) is 5.92 Å². The molecule has 15 heteroatoms. The summed E-state index contributed by atoms with van der Waals surface area (Å²) in [6.45, 7) is 5.16.